The van der Waals surface area contributed by atoms with Crippen molar-refractivity contribution in [2.24, 2.45) is 0 Å². The molecule has 7 rings (SSSR count). The third kappa shape index (κ3) is 3.53. The molecule has 0 saturated carbocycles. The summed E-state index contributed by atoms with van der Waals surface area (Å²) in [7, 11) is 0. The van der Waals surface area contributed by atoms with Crippen molar-refractivity contribution in [3.8, 4) is 11.5 Å². The molecule has 4 aliphatic carbocycles. The van der Waals surface area contributed by atoms with Crippen molar-refractivity contribution >= 4 is 17.3 Å². The first-order chi connectivity index (χ1) is 20.7. The third-order valence-electron chi connectivity index (χ3n) is 8.26. The van der Waals surface area contributed by atoms with Gasteiger partial charge in [-0.15, -0.1) is 0 Å². The van der Waals surface area contributed by atoms with Crippen molar-refractivity contribution in [3.63, 3.8) is 0 Å². The van der Waals surface area contributed by atoms with Crippen LogP contribution in [0.4, 0.5) is 49.6 Å². The zero-order chi connectivity index (χ0) is 33.3. The van der Waals surface area contributed by atoms with Gasteiger partial charge in [-0.2, -0.15) is 35.1 Å². The predicted octanol–water partition coefficient (Wildman–Crippen LogP) is 7.02. The highest BCUT2D eigenvalue weighted by Gasteiger charge is 2.80. The summed E-state index contributed by atoms with van der Waals surface area (Å²) in [6.45, 7) is 6.90. The van der Waals surface area contributed by atoms with Gasteiger partial charge in [0.1, 0.15) is 23.1 Å². The average molecular weight is 645 g/mol. The Morgan fingerprint density at radius 2 is 1.20 bits per heavy atom. The van der Waals surface area contributed by atoms with Crippen LogP contribution in [0.15, 0.2) is 42.5 Å². The molecule has 2 unspecified atom stereocenters. The highest BCUT2D eigenvalue weighted by molar-refractivity contribution is 6.06. The summed E-state index contributed by atoms with van der Waals surface area (Å²) in [4.78, 5) is 26.7. The second-order valence-corrected chi connectivity index (χ2v) is 10.8. The number of hydrogen-bond acceptors (Lipinski definition) is 5. The largest absolute Gasteiger partial charge is 0.458 e. The van der Waals surface area contributed by atoms with Gasteiger partial charge in [0.15, 0.2) is 28.5 Å². The van der Waals surface area contributed by atoms with E-state index in [1.54, 1.807) is 0 Å². The number of halogens is 10. The van der Waals surface area contributed by atoms with Gasteiger partial charge in [-0.3, -0.25) is 9.59 Å². The Hall–Kier alpha value is -4.49. The van der Waals surface area contributed by atoms with Crippen LogP contribution in [0.2, 0.25) is 0 Å². The molecule has 3 aromatic carbocycles. The standard InChI is InChI=1S/C18H8F5NO3.C11H5F5O2/c1-24-9-4-8(19)5-10(6-9)27-13-3-2-11-15-14(13)12(25)7-16(15,26)18(22,23)17(11,20)21;12-5-2-1-4-8-7(5)6(17)3-9(8,18)11(15,16)10(4,13)14/h2-6,26H,7H2;1-2,18H,3H2. The molecule has 4 aliphatic rings. The second-order valence-electron chi connectivity index (χ2n) is 10.8. The van der Waals surface area contributed by atoms with Crippen LogP contribution in [0, 0.1) is 18.2 Å². The van der Waals surface area contributed by atoms with E-state index in [9.17, 15) is 63.7 Å². The fourth-order valence-corrected chi connectivity index (χ4v) is 6.19. The Morgan fingerprint density at radius 1 is 0.711 bits per heavy atom. The molecule has 45 heavy (non-hydrogen) atoms. The topological polar surface area (TPSA) is 88.2 Å². The maximum Gasteiger partial charge on any atom is 0.347 e. The van der Waals surface area contributed by atoms with Crippen molar-refractivity contribution < 1.29 is 68.4 Å². The zero-order valence-corrected chi connectivity index (χ0v) is 21.8. The van der Waals surface area contributed by atoms with Gasteiger partial charge in [-0.05, 0) is 36.4 Å². The van der Waals surface area contributed by atoms with Crippen LogP contribution in [-0.2, 0) is 23.0 Å². The molecule has 0 saturated heterocycles. The van der Waals surface area contributed by atoms with E-state index < -0.39 is 104 Å². The van der Waals surface area contributed by atoms with E-state index in [0.29, 0.717) is 18.2 Å². The van der Waals surface area contributed by atoms with E-state index in [1.807, 2.05) is 0 Å². The van der Waals surface area contributed by atoms with Crippen molar-refractivity contribution in [2.45, 2.75) is 47.7 Å². The number of benzene rings is 3. The summed E-state index contributed by atoms with van der Waals surface area (Å²) >= 11 is 0. The molecule has 0 aliphatic heterocycles. The fraction of sp³-hybridized carbons (Fsp3) is 0.276. The quantitative estimate of drug-likeness (QED) is 0.231. The van der Waals surface area contributed by atoms with E-state index in [0.717, 1.165) is 24.3 Å². The number of Topliss-reactive ketones (excluding diaryl/α,β-unsaturated/α-hetero) is 2. The molecule has 0 radical (unpaired) electrons. The van der Waals surface area contributed by atoms with Gasteiger partial charge in [0.25, 0.3) is 0 Å². The lowest BCUT2D eigenvalue weighted by Gasteiger charge is -2.29. The Balaban J connectivity index is 0.000000172. The number of ketones is 2. The highest BCUT2D eigenvalue weighted by atomic mass is 19.3. The summed E-state index contributed by atoms with van der Waals surface area (Å²) in [5, 5.41) is 20.0. The number of rotatable bonds is 2. The number of ether oxygens (including phenoxy) is 1. The van der Waals surface area contributed by atoms with E-state index in [1.165, 1.54) is 0 Å². The molecule has 0 heterocycles. The van der Waals surface area contributed by atoms with Gasteiger partial charge in [0.05, 0.1) is 30.5 Å². The summed E-state index contributed by atoms with van der Waals surface area (Å²) in [5.74, 6) is -23.7. The molecule has 2 atom stereocenters. The van der Waals surface area contributed by atoms with Crippen LogP contribution < -0.4 is 4.74 Å². The molecule has 0 aromatic heterocycles. The first kappa shape index (κ1) is 30.5. The molecule has 16 heteroatoms. The lowest BCUT2D eigenvalue weighted by atomic mass is 9.95. The van der Waals surface area contributed by atoms with Crippen molar-refractivity contribution in [1.82, 2.24) is 0 Å². The molecule has 234 valence electrons. The van der Waals surface area contributed by atoms with E-state index in [-0.39, 0.29) is 17.2 Å². The molecule has 0 fully saturated rings. The first-order valence-corrected chi connectivity index (χ1v) is 12.6. The second kappa shape index (κ2) is 8.82. The summed E-state index contributed by atoms with van der Waals surface area (Å²) in [6.07, 6.45) is -2.46. The number of aliphatic hydroxyl groups is 2. The molecule has 0 spiro atoms. The average Bonchev–Trinajstić information content (AvgIpc) is 3.46. The maximum absolute atomic E-state index is 14.2. The van der Waals surface area contributed by atoms with E-state index in [2.05, 4.69) is 4.85 Å². The third-order valence-corrected chi connectivity index (χ3v) is 8.26. The van der Waals surface area contributed by atoms with Crippen LogP contribution in [0.1, 0.15) is 55.8 Å². The Bertz CT molecular complexity index is 1920. The smallest absolute Gasteiger partial charge is 0.347 e. The molecular weight excluding hydrogens is 632 g/mol. The number of hydrogen-bond donors (Lipinski definition) is 2. The number of carbonyl (C=O) groups is 2. The predicted molar refractivity (Wildman–Crippen MR) is 129 cm³/mol. The normalized spacial score (nSPS) is 26.6. The zero-order valence-electron chi connectivity index (χ0n) is 21.8. The summed E-state index contributed by atoms with van der Waals surface area (Å²) in [6, 6.07) is 5.48. The van der Waals surface area contributed by atoms with E-state index >= 15 is 0 Å². The first-order valence-electron chi connectivity index (χ1n) is 12.6. The van der Waals surface area contributed by atoms with Crippen molar-refractivity contribution in [2.75, 3.05) is 0 Å². The molecule has 0 bridgehead atoms. The number of alkyl halides is 8. The number of carbonyl (C=O) groups excluding carboxylic acids is 2. The van der Waals surface area contributed by atoms with Gasteiger partial charge >= 0.3 is 23.7 Å². The maximum atomic E-state index is 14.2. The monoisotopic (exact) mass is 645 g/mol. The molecular formula is C29H13F10NO5. The van der Waals surface area contributed by atoms with Crippen LogP contribution in [0.25, 0.3) is 4.85 Å². The SMILES string of the molecule is O=C1CC2(O)c3c(ccc(F)c31)C(F)(F)C2(F)F.[C-]#[N+]c1cc(F)cc(Oc2ccc3c4c2C(=O)CC4(O)C(F)(F)C3(F)F)c1. The van der Waals surface area contributed by atoms with Gasteiger partial charge in [-0.25, -0.2) is 13.6 Å². The van der Waals surface area contributed by atoms with Gasteiger partial charge in [0.2, 0.25) is 0 Å². The summed E-state index contributed by atoms with van der Waals surface area (Å²) in [5.41, 5.74) is -12.4. The van der Waals surface area contributed by atoms with Crippen LogP contribution in [-0.4, -0.2) is 33.6 Å². The Kier molecular flexibility index (Phi) is 5.98. The van der Waals surface area contributed by atoms with Crippen molar-refractivity contribution in [1.29, 1.82) is 0 Å². The summed E-state index contributed by atoms with van der Waals surface area (Å²) < 4.78 is 143. The van der Waals surface area contributed by atoms with Crippen molar-refractivity contribution in [3.05, 3.63) is 98.9 Å². The van der Waals surface area contributed by atoms with E-state index in [4.69, 9.17) is 11.3 Å². The Morgan fingerprint density at radius 3 is 1.73 bits per heavy atom. The molecule has 6 nitrogen and oxygen atoms in total. The minimum absolute atomic E-state index is 0.122. The van der Waals surface area contributed by atoms with Crippen LogP contribution in [0.5, 0.6) is 11.5 Å². The minimum atomic E-state index is -4.88. The van der Waals surface area contributed by atoms with Gasteiger partial charge in [0, 0.05) is 28.3 Å². The molecule has 0 amide bonds. The van der Waals surface area contributed by atoms with Gasteiger partial charge in [-0.1, -0.05) is 0 Å². The van der Waals surface area contributed by atoms with Crippen LogP contribution >= 0.6 is 0 Å². The Labute approximate surface area is 244 Å². The molecule has 2 N–H and O–H groups in total. The minimum Gasteiger partial charge on any atom is -0.458 e. The fourth-order valence-electron chi connectivity index (χ4n) is 6.19. The lowest BCUT2D eigenvalue weighted by Crippen LogP contribution is -2.48. The highest BCUT2D eigenvalue weighted by Crippen LogP contribution is 2.67. The lowest BCUT2D eigenvalue weighted by molar-refractivity contribution is -0.283. The van der Waals surface area contributed by atoms with Gasteiger partial charge < -0.3 is 14.9 Å². The van der Waals surface area contributed by atoms with Crippen LogP contribution in [0.3, 0.4) is 0 Å². The molecule has 3 aromatic rings. The number of nitrogens with zero attached hydrogens (tertiary/aromatic N) is 1.